The van der Waals surface area contributed by atoms with Crippen molar-refractivity contribution in [2.45, 2.75) is 31.8 Å². The first-order valence-corrected chi connectivity index (χ1v) is 6.73. The summed E-state index contributed by atoms with van der Waals surface area (Å²) in [6.45, 7) is 2.96. The van der Waals surface area contributed by atoms with Crippen LogP contribution in [0.15, 0.2) is 24.3 Å². The highest BCUT2D eigenvalue weighted by atomic mass is 16.5. The van der Waals surface area contributed by atoms with Crippen LogP contribution in [0.2, 0.25) is 0 Å². The Morgan fingerprint density at radius 1 is 1.33 bits per heavy atom. The van der Waals surface area contributed by atoms with Crippen molar-refractivity contribution in [1.82, 2.24) is 4.90 Å². The molecule has 100 valence electrons. The second-order valence-corrected chi connectivity index (χ2v) is 5.27. The molecule has 0 aliphatic heterocycles. The Morgan fingerprint density at radius 2 is 1.94 bits per heavy atom. The number of hydrogen-bond acceptors (Lipinski definition) is 3. The van der Waals surface area contributed by atoms with Crippen LogP contribution in [0.4, 0.5) is 0 Å². The molecule has 0 amide bonds. The summed E-state index contributed by atoms with van der Waals surface area (Å²) in [4.78, 5) is 2.42. The SMILES string of the molecule is COc1ccc(C(CN)N(C)C(C)C2CC2)cc1. The van der Waals surface area contributed by atoms with Crippen LogP contribution in [0.25, 0.3) is 0 Å². The summed E-state index contributed by atoms with van der Waals surface area (Å²) in [5.74, 6) is 1.76. The Labute approximate surface area is 110 Å². The largest absolute Gasteiger partial charge is 0.497 e. The van der Waals surface area contributed by atoms with Crippen LogP contribution in [0.5, 0.6) is 5.75 Å². The predicted octanol–water partition coefficient (Wildman–Crippen LogP) is 2.43. The summed E-state index contributed by atoms with van der Waals surface area (Å²) in [5.41, 5.74) is 7.23. The monoisotopic (exact) mass is 248 g/mol. The molecule has 0 bridgehead atoms. The molecule has 1 aromatic carbocycles. The summed E-state index contributed by atoms with van der Waals surface area (Å²) in [5, 5.41) is 0. The van der Waals surface area contributed by atoms with E-state index < -0.39 is 0 Å². The van der Waals surface area contributed by atoms with Crippen LogP contribution in [0, 0.1) is 5.92 Å². The number of methoxy groups -OCH3 is 1. The van der Waals surface area contributed by atoms with Crippen LogP contribution in [0.3, 0.4) is 0 Å². The molecule has 3 heteroatoms. The van der Waals surface area contributed by atoms with Gasteiger partial charge in [-0.25, -0.2) is 0 Å². The van der Waals surface area contributed by atoms with Crippen LogP contribution < -0.4 is 10.5 Å². The molecule has 0 spiro atoms. The lowest BCUT2D eigenvalue weighted by molar-refractivity contribution is 0.171. The van der Waals surface area contributed by atoms with Crippen molar-refractivity contribution in [3.05, 3.63) is 29.8 Å². The Hall–Kier alpha value is -1.06. The molecule has 2 rings (SSSR count). The Kier molecular flexibility index (Phi) is 4.25. The fourth-order valence-corrected chi connectivity index (χ4v) is 2.56. The van der Waals surface area contributed by atoms with Crippen LogP contribution in [-0.4, -0.2) is 31.6 Å². The van der Waals surface area contributed by atoms with Crippen molar-refractivity contribution in [1.29, 1.82) is 0 Å². The highest BCUT2D eigenvalue weighted by Gasteiger charge is 2.33. The second kappa shape index (κ2) is 5.72. The van der Waals surface area contributed by atoms with E-state index in [1.165, 1.54) is 18.4 Å². The molecule has 0 heterocycles. The molecule has 0 saturated heterocycles. The quantitative estimate of drug-likeness (QED) is 0.840. The van der Waals surface area contributed by atoms with Gasteiger partial charge in [0.15, 0.2) is 0 Å². The zero-order chi connectivity index (χ0) is 13.1. The minimum Gasteiger partial charge on any atom is -0.497 e. The van der Waals surface area contributed by atoms with Crippen molar-refractivity contribution < 1.29 is 4.74 Å². The molecule has 0 aromatic heterocycles. The van der Waals surface area contributed by atoms with Gasteiger partial charge >= 0.3 is 0 Å². The molecule has 1 fully saturated rings. The average Bonchev–Trinajstić information content (AvgIpc) is 3.23. The smallest absolute Gasteiger partial charge is 0.118 e. The normalized spacial score (nSPS) is 18.7. The maximum atomic E-state index is 5.96. The number of hydrogen-bond donors (Lipinski definition) is 1. The Morgan fingerprint density at radius 3 is 2.39 bits per heavy atom. The van der Waals surface area contributed by atoms with Gasteiger partial charge in [0, 0.05) is 18.6 Å². The van der Waals surface area contributed by atoms with E-state index in [0.29, 0.717) is 18.6 Å². The number of nitrogens with two attached hydrogens (primary N) is 1. The van der Waals surface area contributed by atoms with Crippen molar-refractivity contribution in [3.8, 4) is 5.75 Å². The van der Waals surface area contributed by atoms with Gasteiger partial charge in [-0.1, -0.05) is 12.1 Å². The average molecular weight is 248 g/mol. The molecule has 0 radical (unpaired) electrons. The lowest BCUT2D eigenvalue weighted by Gasteiger charge is -2.33. The molecule has 2 atom stereocenters. The molecular formula is C15H24N2O. The van der Waals surface area contributed by atoms with E-state index >= 15 is 0 Å². The van der Waals surface area contributed by atoms with Gasteiger partial charge in [-0.05, 0) is 50.4 Å². The highest BCUT2D eigenvalue weighted by molar-refractivity contribution is 5.29. The molecule has 3 nitrogen and oxygen atoms in total. The third kappa shape index (κ3) is 2.85. The number of benzene rings is 1. The third-order valence-corrected chi connectivity index (χ3v) is 4.16. The van der Waals surface area contributed by atoms with Gasteiger partial charge < -0.3 is 10.5 Å². The molecule has 2 unspecified atom stereocenters. The van der Waals surface area contributed by atoms with Crippen molar-refractivity contribution >= 4 is 0 Å². The van der Waals surface area contributed by atoms with Gasteiger partial charge in [-0.2, -0.15) is 0 Å². The summed E-state index contributed by atoms with van der Waals surface area (Å²) in [6.07, 6.45) is 2.73. The Bertz CT molecular complexity index is 373. The van der Waals surface area contributed by atoms with Crippen molar-refractivity contribution in [2.24, 2.45) is 11.7 Å². The third-order valence-electron chi connectivity index (χ3n) is 4.16. The minimum absolute atomic E-state index is 0.298. The second-order valence-electron chi connectivity index (χ2n) is 5.27. The summed E-state index contributed by atoms with van der Waals surface area (Å²) in [6, 6.07) is 9.16. The lowest BCUT2D eigenvalue weighted by atomic mass is 10.0. The topological polar surface area (TPSA) is 38.5 Å². The molecule has 18 heavy (non-hydrogen) atoms. The highest BCUT2D eigenvalue weighted by Crippen LogP contribution is 2.37. The van der Waals surface area contributed by atoms with Gasteiger partial charge in [0.05, 0.1) is 7.11 Å². The van der Waals surface area contributed by atoms with E-state index in [1.54, 1.807) is 7.11 Å². The van der Waals surface area contributed by atoms with Gasteiger partial charge in [-0.3, -0.25) is 4.90 Å². The maximum absolute atomic E-state index is 5.96. The standard InChI is InChI=1S/C15H24N2O/c1-11(12-4-5-12)17(2)15(10-16)13-6-8-14(18-3)9-7-13/h6-9,11-12,15H,4-5,10,16H2,1-3H3. The van der Waals surface area contributed by atoms with Gasteiger partial charge in [0.1, 0.15) is 5.75 Å². The first-order chi connectivity index (χ1) is 8.67. The van der Waals surface area contributed by atoms with E-state index in [1.807, 2.05) is 12.1 Å². The molecule has 1 aromatic rings. The number of rotatable bonds is 6. The summed E-state index contributed by atoms with van der Waals surface area (Å²) >= 11 is 0. The molecule has 1 saturated carbocycles. The fraction of sp³-hybridized carbons (Fsp3) is 0.600. The van der Waals surface area contributed by atoms with Crippen molar-refractivity contribution in [3.63, 3.8) is 0 Å². The lowest BCUT2D eigenvalue weighted by Crippen LogP contribution is -2.38. The maximum Gasteiger partial charge on any atom is 0.118 e. The molecule has 1 aliphatic carbocycles. The van der Waals surface area contributed by atoms with Gasteiger partial charge in [0.2, 0.25) is 0 Å². The first-order valence-electron chi connectivity index (χ1n) is 6.73. The fourth-order valence-electron chi connectivity index (χ4n) is 2.56. The van der Waals surface area contributed by atoms with E-state index in [4.69, 9.17) is 10.5 Å². The number of likely N-dealkylation sites (N-methyl/N-ethyl adjacent to an activating group) is 1. The molecular weight excluding hydrogens is 224 g/mol. The minimum atomic E-state index is 0.298. The zero-order valence-electron chi connectivity index (χ0n) is 11.6. The Balaban J connectivity index is 2.10. The van der Waals surface area contributed by atoms with Gasteiger partial charge in [0.25, 0.3) is 0 Å². The van der Waals surface area contributed by atoms with Crippen LogP contribution >= 0.6 is 0 Å². The predicted molar refractivity (Wildman–Crippen MR) is 74.7 cm³/mol. The van der Waals surface area contributed by atoms with E-state index in [0.717, 1.165) is 11.7 Å². The molecule has 2 N–H and O–H groups in total. The number of ether oxygens (including phenoxy) is 1. The van der Waals surface area contributed by atoms with Crippen LogP contribution in [-0.2, 0) is 0 Å². The van der Waals surface area contributed by atoms with E-state index in [9.17, 15) is 0 Å². The summed E-state index contributed by atoms with van der Waals surface area (Å²) < 4.78 is 5.19. The zero-order valence-corrected chi connectivity index (χ0v) is 11.6. The van der Waals surface area contributed by atoms with Crippen molar-refractivity contribution in [2.75, 3.05) is 20.7 Å². The summed E-state index contributed by atoms with van der Waals surface area (Å²) in [7, 11) is 3.88. The van der Waals surface area contributed by atoms with E-state index in [-0.39, 0.29) is 0 Å². The number of nitrogens with zero attached hydrogens (tertiary/aromatic N) is 1. The van der Waals surface area contributed by atoms with E-state index in [2.05, 4.69) is 31.0 Å². The van der Waals surface area contributed by atoms with Crippen LogP contribution in [0.1, 0.15) is 31.4 Å². The van der Waals surface area contributed by atoms with Gasteiger partial charge in [-0.15, -0.1) is 0 Å². The first kappa shape index (κ1) is 13.4. The molecule has 1 aliphatic rings.